The molecule has 0 aromatic heterocycles. The number of rotatable bonds is 3. The largest absolute Gasteiger partial charge is 0.508 e. The van der Waals surface area contributed by atoms with Crippen LogP contribution in [0.1, 0.15) is 27.9 Å². The fourth-order valence-corrected chi connectivity index (χ4v) is 3.90. The zero-order valence-electron chi connectivity index (χ0n) is 16.9. The predicted octanol–water partition coefficient (Wildman–Crippen LogP) is 5.17. The number of ether oxygens (including phenoxy) is 1. The third-order valence-corrected chi connectivity index (χ3v) is 5.40. The zero-order valence-corrected chi connectivity index (χ0v) is 16.9. The number of esters is 1. The molecule has 3 aromatic rings. The number of aliphatic hydroxyl groups is 1. The van der Waals surface area contributed by atoms with Gasteiger partial charge in [0.1, 0.15) is 17.4 Å². The van der Waals surface area contributed by atoms with E-state index in [1.165, 1.54) is 29.9 Å². The second-order valence-electron chi connectivity index (χ2n) is 7.36. The van der Waals surface area contributed by atoms with Gasteiger partial charge in [0.2, 0.25) is 11.4 Å². The molecule has 0 unspecified atom stereocenters. The van der Waals surface area contributed by atoms with Crippen LogP contribution in [0, 0.1) is 18.6 Å². The Bertz CT molecular complexity index is 1250. The van der Waals surface area contributed by atoms with Crippen molar-refractivity contribution in [3.63, 3.8) is 0 Å². The normalized spacial score (nSPS) is 13.2. The summed E-state index contributed by atoms with van der Waals surface area (Å²) in [4.78, 5) is 12.0. The molecule has 0 radical (unpaired) electrons. The highest BCUT2D eigenvalue weighted by molar-refractivity contribution is 5.93. The summed E-state index contributed by atoms with van der Waals surface area (Å²) in [6.45, 7) is 1.82. The number of halogens is 2. The summed E-state index contributed by atoms with van der Waals surface area (Å²) in [6, 6.07) is 11.1. The van der Waals surface area contributed by atoms with Crippen LogP contribution in [0.3, 0.4) is 0 Å². The molecule has 4 rings (SSSR count). The van der Waals surface area contributed by atoms with E-state index < -0.39 is 17.6 Å². The van der Waals surface area contributed by atoms with Crippen molar-refractivity contribution < 1.29 is 28.5 Å². The molecule has 158 valence electrons. The molecule has 31 heavy (non-hydrogen) atoms. The Morgan fingerprint density at radius 3 is 2.45 bits per heavy atom. The number of benzene rings is 3. The first-order valence-corrected chi connectivity index (χ1v) is 9.65. The summed E-state index contributed by atoms with van der Waals surface area (Å²) < 4.78 is 34.3. The summed E-state index contributed by atoms with van der Waals surface area (Å²) in [5.41, 5.74) is 3.29. The van der Waals surface area contributed by atoms with Crippen molar-refractivity contribution in [1.82, 2.24) is 4.58 Å². The van der Waals surface area contributed by atoms with Crippen molar-refractivity contribution in [3.05, 3.63) is 76.9 Å². The molecule has 5 nitrogen and oxygen atoms in total. The van der Waals surface area contributed by atoms with Crippen molar-refractivity contribution in [2.75, 3.05) is 7.11 Å². The van der Waals surface area contributed by atoms with Crippen molar-refractivity contribution >= 4 is 23.2 Å². The van der Waals surface area contributed by atoms with E-state index in [1.807, 2.05) is 6.92 Å². The molecule has 0 aliphatic carbocycles. The number of hydrogen-bond acceptors (Lipinski definition) is 3. The molecular weight excluding hydrogens is 404 g/mol. The molecular formula is C24H20F2NO4+. The number of carbonyl (C=O) groups excluding carboxylic acids is 1. The molecule has 0 amide bonds. The summed E-state index contributed by atoms with van der Waals surface area (Å²) in [5.74, 6) is -2.09. The van der Waals surface area contributed by atoms with Gasteiger partial charge in [-0.25, -0.2) is 13.6 Å². The molecule has 0 bridgehead atoms. The fourth-order valence-electron chi connectivity index (χ4n) is 3.90. The molecule has 3 aromatic carbocycles. The SMILES string of the molecule is COC(=O)c1ccc(C)c([N+]2=C(O)CCc3c(-c4ccc(F)cc4F)cc(O)cc32)c1. The van der Waals surface area contributed by atoms with Crippen LogP contribution in [-0.2, 0) is 11.2 Å². The van der Waals surface area contributed by atoms with Gasteiger partial charge in [0, 0.05) is 28.8 Å². The average molecular weight is 424 g/mol. The molecule has 0 spiro atoms. The molecule has 1 aliphatic heterocycles. The van der Waals surface area contributed by atoms with E-state index in [1.54, 1.807) is 18.2 Å². The number of aliphatic hydroxyl groups excluding tert-OH is 1. The lowest BCUT2D eigenvalue weighted by Crippen LogP contribution is -2.24. The number of fused-ring (bicyclic) bond motifs is 1. The van der Waals surface area contributed by atoms with Crippen LogP contribution in [0.5, 0.6) is 5.75 Å². The monoisotopic (exact) mass is 424 g/mol. The second-order valence-corrected chi connectivity index (χ2v) is 7.36. The Morgan fingerprint density at radius 1 is 0.968 bits per heavy atom. The van der Waals surface area contributed by atoms with Gasteiger partial charge in [-0.2, -0.15) is 0 Å². The van der Waals surface area contributed by atoms with Crippen LogP contribution in [0.15, 0.2) is 48.5 Å². The van der Waals surface area contributed by atoms with Gasteiger partial charge in [-0.1, -0.05) is 6.07 Å². The van der Waals surface area contributed by atoms with E-state index in [4.69, 9.17) is 4.74 Å². The average Bonchev–Trinajstić information content (AvgIpc) is 2.73. The highest BCUT2D eigenvalue weighted by Gasteiger charge is 2.33. The van der Waals surface area contributed by atoms with Gasteiger partial charge in [-0.15, -0.1) is 4.58 Å². The molecule has 1 aliphatic rings. The highest BCUT2D eigenvalue weighted by atomic mass is 19.1. The topological polar surface area (TPSA) is 69.8 Å². The molecule has 0 fully saturated rings. The first kappa shape index (κ1) is 20.5. The van der Waals surface area contributed by atoms with Gasteiger partial charge in [0.05, 0.1) is 25.2 Å². The molecule has 2 N–H and O–H groups in total. The zero-order chi connectivity index (χ0) is 22.3. The van der Waals surface area contributed by atoms with Crippen molar-refractivity contribution in [1.29, 1.82) is 0 Å². The molecule has 0 saturated carbocycles. The predicted molar refractivity (Wildman–Crippen MR) is 113 cm³/mol. The number of methoxy groups -OCH3 is 1. The summed E-state index contributed by atoms with van der Waals surface area (Å²) in [7, 11) is 1.28. The highest BCUT2D eigenvalue weighted by Crippen LogP contribution is 2.41. The Hall–Kier alpha value is -3.74. The van der Waals surface area contributed by atoms with Gasteiger partial charge in [-0.05, 0) is 43.2 Å². The molecule has 0 saturated heterocycles. The number of nitrogens with zero attached hydrogens (tertiary/aromatic N) is 1. The summed E-state index contributed by atoms with van der Waals surface area (Å²) >= 11 is 0. The quantitative estimate of drug-likeness (QED) is 0.450. The Morgan fingerprint density at radius 2 is 1.74 bits per heavy atom. The van der Waals surface area contributed by atoms with Crippen molar-refractivity contribution in [3.8, 4) is 16.9 Å². The van der Waals surface area contributed by atoms with Crippen LogP contribution in [0.2, 0.25) is 0 Å². The van der Waals surface area contributed by atoms with Gasteiger partial charge < -0.3 is 14.9 Å². The van der Waals surface area contributed by atoms with E-state index in [2.05, 4.69) is 0 Å². The minimum Gasteiger partial charge on any atom is -0.508 e. The Balaban J connectivity index is 1.96. The maximum atomic E-state index is 14.5. The first-order valence-electron chi connectivity index (χ1n) is 9.65. The maximum absolute atomic E-state index is 14.5. The van der Waals surface area contributed by atoms with E-state index in [0.717, 1.165) is 17.7 Å². The lowest BCUT2D eigenvalue weighted by Gasteiger charge is -2.19. The molecule has 0 atom stereocenters. The van der Waals surface area contributed by atoms with Crippen LogP contribution in [0.4, 0.5) is 20.2 Å². The van der Waals surface area contributed by atoms with Gasteiger partial charge in [-0.3, -0.25) is 0 Å². The van der Waals surface area contributed by atoms with Crippen LogP contribution in [0.25, 0.3) is 11.1 Å². The minimum absolute atomic E-state index is 0.0220. The second kappa shape index (κ2) is 7.83. The Labute approximate surface area is 177 Å². The third kappa shape index (κ3) is 3.63. The van der Waals surface area contributed by atoms with Crippen molar-refractivity contribution in [2.45, 2.75) is 19.8 Å². The van der Waals surface area contributed by atoms with E-state index in [9.17, 15) is 23.8 Å². The minimum atomic E-state index is -0.748. The van der Waals surface area contributed by atoms with Gasteiger partial charge >= 0.3 is 11.9 Å². The molecule has 7 heteroatoms. The number of aromatic hydroxyl groups is 1. The third-order valence-electron chi connectivity index (χ3n) is 5.40. The fraction of sp³-hybridized carbons (Fsp3) is 0.167. The molecule has 1 heterocycles. The number of phenolic OH excluding ortho intramolecular Hbond substituents is 1. The van der Waals surface area contributed by atoms with Crippen LogP contribution < -0.4 is 4.58 Å². The van der Waals surface area contributed by atoms with E-state index >= 15 is 0 Å². The van der Waals surface area contributed by atoms with Gasteiger partial charge in [0.15, 0.2) is 0 Å². The number of aryl methyl sites for hydroxylation is 1. The summed E-state index contributed by atoms with van der Waals surface area (Å²) in [6.07, 6.45) is 0.648. The lowest BCUT2D eigenvalue weighted by molar-refractivity contribution is 0.0600. The lowest BCUT2D eigenvalue weighted by atomic mass is 9.91. The summed E-state index contributed by atoms with van der Waals surface area (Å²) in [5, 5.41) is 21.1. The Kier molecular flexibility index (Phi) is 5.19. The van der Waals surface area contributed by atoms with Crippen LogP contribution >= 0.6 is 0 Å². The number of hydrogen-bond donors (Lipinski definition) is 2. The maximum Gasteiger partial charge on any atom is 0.346 e. The van der Waals surface area contributed by atoms with Gasteiger partial charge in [0.25, 0.3) is 0 Å². The number of phenols is 1. The number of carbonyl (C=O) groups is 1. The first-order chi connectivity index (χ1) is 14.8. The standard InChI is InChI=1S/C24H19F2NO4/c1-13-3-4-14(24(30)31-2)9-21(13)27-22-12-16(28)11-19(18(22)7-8-23(27)29)17-6-5-15(25)10-20(17)26/h3-6,9-12,28H,7-8H2,1-2H3/p+1. The van der Waals surface area contributed by atoms with Crippen LogP contribution in [-0.4, -0.2) is 29.2 Å². The van der Waals surface area contributed by atoms with E-state index in [0.29, 0.717) is 34.5 Å². The smallest absolute Gasteiger partial charge is 0.346 e. The van der Waals surface area contributed by atoms with E-state index in [-0.39, 0.29) is 23.6 Å². The van der Waals surface area contributed by atoms with Crippen molar-refractivity contribution in [2.24, 2.45) is 0 Å².